The third-order valence-corrected chi connectivity index (χ3v) is 6.24. The molecule has 0 radical (unpaired) electrons. The summed E-state index contributed by atoms with van der Waals surface area (Å²) in [7, 11) is 1.71. The van der Waals surface area contributed by atoms with Crippen molar-refractivity contribution >= 4 is 17.5 Å². The van der Waals surface area contributed by atoms with Crippen LogP contribution in [0.5, 0.6) is 5.75 Å². The minimum atomic E-state index is -0.523. The van der Waals surface area contributed by atoms with Crippen LogP contribution in [-0.2, 0) is 4.79 Å². The molecule has 3 aromatic heterocycles. The van der Waals surface area contributed by atoms with Gasteiger partial charge in [-0.2, -0.15) is 9.49 Å². The summed E-state index contributed by atoms with van der Waals surface area (Å²) in [6.07, 6.45) is 10.4. The summed E-state index contributed by atoms with van der Waals surface area (Å²) >= 11 is 0. The summed E-state index contributed by atoms with van der Waals surface area (Å²) in [5.41, 5.74) is 3.35. The number of aromatic nitrogens is 3. The van der Waals surface area contributed by atoms with Crippen molar-refractivity contribution in [3.8, 4) is 16.9 Å². The second-order valence-electron chi connectivity index (χ2n) is 8.16. The fraction of sp³-hybridized carbons (Fsp3) is 0.391. The highest BCUT2D eigenvalue weighted by molar-refractivity contribution is 5.96. The van der Waals surface area contributed by atoms with Crippen LogP contribution in [-0.4, -0.2) is 63.8 Å². The van der Waals surface area contributed by atoms with Gasteiger partial charge >= 0.3 is 0 Å². The van der Waals surface area contributed by atoms with Crippen molar-refractivity contribution in [1.29, 1.82) is 0 Å². The minimum Gasteiger partial charge on any atom is -0.491 e. The van der Waals surface area contributed by atoms with Crippen molar-refractivity contribution in [2.75, 3.05) is 20.2 Å². The maximum Gasteiger partial charge on any atom is 0.212 e. The maximum absolute atomic E-state index is 13.4. The number of ether oxygens (including phenoxy) is 1. The van der Waals surface area contributed by atoms with E-state index in [1.54, 1.807) is 30.0 Å². The number of fused-ring (bicyclic) bond motifs is 3. The molecule has 3 aromatic rings. The molecule has 5 rings (SSSR count). The third kappa shape index (κ3) is 3.83. The number of carbonyl (C=O) groups excluding carboxylic acids is 1. The Hall–Kier alpha value is -3.13. The molecular formula is C23H24FN5O2. The molecule has 0 amide bonds. The number of Topliss-reactive ketones (excluding diaryl/α,β-unsaturated/α-hetero) is 1. The summed E-state index contributed by atoms with van der Waals surface area (Å²) in [5.74, 6) is 0.541. The minimum absolute atomic E-state index is 0.361. The Bertz CT molecular complexity index is 1120. The molecule has 0 saturated carbocycles. The van der Waals surface area contributed by atoms with E-state index in [4.69, 9.17) is 4.74 Å². The molecule has 5 heterocycles. The van der Waals surface area contributed by atoms with Gasteiger partial charge in [0.2, 0.25) is 5.95 Å². The number of nitrogens with zero attached hydrogens (tertiary/aromatic N) is 5. The molecule has 0 aliphatic carbocycles. The van der Waals surface area contributed by atoms with Gasteiger partial charge in [0.15, 0.2) is 0 Å². The average molecular weight is 421 g/mol. The molecule has 2 saturated heterocycles. The first-order valence-electron chi connectivity index (χ1n) is 10.6. The van der Waals surface area contributed by atoms with Crippen LogP contribution in [0.4, 0.5) is 4.39 Å². The number of carbonyl (C=O) groups is 1. The Labute approximate surface area is 179 Å². The number of aliphatic imine (C=N–C) groups is 1. The van der Waals surface area contributed by atoms with Gasteiger partial charge in [0.1, 0.15) is 18.1 Å². The van der Waals surface area contributed by atoms with E-state index in [0.29, 0.717) is 43.1 Å². The number of hydrogen-bond acceptors (Lipinski definition) is 6. The predicted octanol–water partition coefficient (Wildman–Crippen LogP) is 3.16. The van der Waals surface area contributed by atoms with Crippen LogP contribution in [0.3, 0.4) is 0 Å². The second kappa shape index (κ2) is 8.19. The predicted molar refractivity (Wildman–Crippen MR) is 115 cm³/mol. The van der Waals surface area contributed by atoms with E-state index in [1.807, 2.05) is 12.3 Å². The highest BCUT2D eigenvalue weighted by Crippen LogP contribution is 2.34. The largest absolute Gasteiger partial charge is 0.491 e. The number of rotatable bonds is 6. The topological polar surface area (TPSA) is 72.1 Å². The summed E-state index contributed by atoms with van der Waals surface area (Å²) in [6.45, 7) is 1.32. The van der Waals surface area contributed by atoms with E-state index in [9.17, 15) is 9.18 Å². The fourth-order valence-electron chi connectivity index (χ4n) is 4.88. The molecule has 160 valence electrons. The highest BCUT2D eigenvalue weighted by Gasteiger charge is 2.39. The maximum atomic E-state index is 13.4. The smallest absolute Gasteiger partial charge is 0.212 e. The monoisotopic (exact) mass is 421 g/mol. The first-order valence-corrected chi connectivity index (χ1v) is 10.6. The van der Waals surface area contributed by atoms with Crippen LogP contribution in [0.25, 0.3) is 16.6 Å². The molecule has 31 heavy (non-hydrogen) atoms. The normalized spacial score (nSPS) is 21.4. The number of piperidine rings is 1. The lowest BCUT2D eigenvalue weighted by molar-refractivity contribution is -0.123. The van der Waals surface area contributed by atoms with E-state index in [0.717, 1.165) is 41.6 Å². The Morgan fingerprint density at radius 2 is 2.06 bits per heavy atom. The van der Waals surface area contributed by atoms with Gasteiger partial charge in [-0.25, -0.2) is 9.50 Å². The lowest BCUT2D eigenvalue weighted by atomic mass is 10.0. The van der Waals surface area contributed by atoms with Gasteiger partial charge in [0.05, 0.1) is 17.9 Å². The van der Waals surface area contributed by atoms with Gasteiger partial charge in [-0.15, -0.1) is 0 Å². The molecular weight excluding hydrogens is 397 g/mol. The van der Waals surface area contributed by atoms with Crippen LogP contribution in [0, 0.1) is 5.95 Å². The molecule has 7 nitrogen and oxygen atoms in total. The molecule has 2 aliphatic rings. The summed E-state index contributed by atoms with van der Waals surface area (Å²) in [6, 6.07) is 5.70. The zero-order valence-electron chi connectivity index (χ0n) is 17.4. The van der Waals surface area contributed by atoms with Crippen LogP contribution in [0.15, 0.2) is 41.8 Å². The summed E-state index contributed by atoms with van der Waals surface area (Å²) in [4.78, 5) is 22.2. The SMILES string of the molecule is CN=Cc1cnn2cc(OCCN3C4CCC3CC(=O)C4)cc(-c3ccc(F)nc3)c12. The molecule has 0 aromatic carbocycles. The number of ketones is 1. The lowest BCUT2D eigenvalue weighted by Crippen LogP contribution is -2.44. The van der Waals surface area contributed by atoms with Crippen LogP contribution in [0.2, 0.25) is 0 Å². The van der Waals surface area contributed by atoms with Crippen LogP contribution >= 0.6 is 0 Å². The average Bonchev–Trinajstić information content (AvgIpc) is 3.26. The first-order chi connectivity index (χ1) is 15.1. The van der Waals surface area contributed by atoms with Crippen molar-refractivity contribution in [2.24, 2.45) is 4.99 Å². The molecule has 2 unspecified atom stereocenters. The van der Waals surface area contributed by atoms with Crippen LogP contribution in [0.1, 0.15) is 31.2 Å². The molecule has 2 atom stereocenters. The summed E-state index contributed by atoms with van der Waals surface area (Å²) in [5, 5.41) is 4.45. The molecule has 0 N–H and O–H groups in total. The van der Waals surface area contributed by atoms with E-state index >= 15 is 0 Å². The molecule has 2 aliphatic heterocycles. The van der Waals surface area contributed by atoms with E-state index in [1.165, 1.54) is 12.3 Å². The molecule has 2 bridgehead atoms. The number of hydrogen-bond donors (Lipinski definition) is 0. The van der Waals surface area contributed by atoms with Gasteiger partial charge in [-0.3, -0.25) is 14.7 Å². The third-order valence-electron chi connectivity index (χ3n) is 6.24. The van der Waals surface area contributed by atoms with Crippen molar-refractivity contribution in [3.05, 3.63) is 48.3 Å². The Balaban J connectivity index is 1.40. The van der Waals surface area contributed by atoms with E-state index < -0.39 is 5.95 Å². The summed E-state index contributed by atoms with van der Waals surface area (Å²) < 4.78 is 21.2. The van der Waals surface area contributed by atoms with Gasteiger partial charge < -0.3 is 4.74 Å². The Morgan fingerprint density at radius 3 is 2.77 bits per heavy atom. The molecule has 2 fully saturated rings. The zero-order valence-corrected chi connectivity index (χ0v) is 17.4. The van der Waals surface area contributed by atoms with Gasteiger partial charge in [0.25, 0.3) is 0 Å². The highest BCUT2D eigenvalue weighted by atomic mass is 19.1. The van der Waals surface area contributed by atoms with Gasteiger partial charge in [-0.1, -0.05) is 0 Å². The zero-order chi connectivity index (χ0) is 21.4. The van der Waals surface area contributed by atoms with Crippen LogP contribution < -0.4 is 4.74 Å². The quantitative estimate of drug-likeness (QED) is 0.452. The lowest BCUT2D eigenvalue weighted by Gasteiger charge is -2.33. The second-order valence-corrected chi connectivity index (χ2v) is 8.16. The van der Waals surface area contributed by atoms with E-state index in [2.05, 4.69) is 20.0 Å². The molecule has 8 heteroatoms. The van der Waals surface area contributed by atoms with Crippen molar-refractivity contribution < 1.29 is 13.9 Å². The first kappa shape index (κ1) is 19.8. The number of halogens is 1. The van der Waals surface area contributed by atoms with Gasteiger partial charge in [-0.05, 0) is 31.0 Å². The standard InChI is InChI=1S/C23H24FN5O2/c1-25-11-16-13-27-29-14-20(10-21(23(16)29)15-2-5-22(24)26-12-15)31-7-6-28-17-3-4-18(28)9-19(30)8-17/h2,5,10-14,17-18H,3-4,6-9H2,1H3. The number of pyridine rings is 2. The Kier molecular flexibility index (Phi) is 5.23. The Morgan fingerprint density at radius 1 is 1.26 bits per heavy atom. The van der Waals surface area contributed by atoms with Crippen molar-refractivity contribution in [1.82, 2.24) is 19.5 Å². The van der Waals surface area contributed by atoms with Crippen molar-refractivity contribution in [2.45, 2.75) is 37.8 Å². The van der Waals surface area contributed by atoms with E-state index in [-0.39, 0.29) is 0 Å². The fourth-order valence-corrected chi connectivity index (χ4v) is 4.88. The molecule has 0 spiro atoms. The van der Waals surface area contributed by atoms with Gasteiger partial charge in [0, 0.05) is 67.6 Å². The van der Waals surface area contributed by atoms with Crippen molar-refractivity contribution in [3.63, 3.8) is 0 Å².